The van der Waals surface area contributed by atoms with Gasteiger partial charge in [0, 0.05) is 50.6 Å². The first-order valence-corrected chi connectivity index (χ1v) is 7.23. The summed E-state index contributed by atoms with van der Waals surface area (Å²) in [6, 6.07) is 5.32. The second kappa shape index (κ2) is 8.59. The van der Waals surface area contributed by atoms with E-state index in [0.29, 0.717) is 19.2 Å². The second-order valence-corrected chi connectivity index (χ2v) is 5.19. The van der Waals surface area contributed by atoms with Crippen molar-refractivity contribution in [2.75, 3.05) is 32.1 Å². The van der Waals surface area contributed by atoms with Gasteiger partial charge in [-0.25, -0.2) is 0 Å². The molecular weight excluding hydrogens is 270 g/mol. The fraction of sp³-hybridized carbons (Fsp3) is 0.600. The number of hydrogen-bond acceptors (Lipinski definition) is 5. The summed E-state index contributed by atoms with van der Waals surface area (Å²) in [5.74, 6) is 0. The average Bonchev–Trinajstić information content (AvgIpc) is 2.44. The Morgan fingerprint density at radius 1 is 1.43 bits per heavy atom. The molecule has 0 saturated carbocycles. The summed E-state index contributed by atoms with van der Waals surface area (Å²) in [5.41, 5.74) is 2.02. The first-order valence-electron chi connectivity index (χ1n) is 7.23. The SMILES string of the molecule is CCNc1ccc([N+](=O)[O-])cc1CN(CCOC)C(C)C. The third-order valence-corrected chi connectivity index (χ3v) is 3.35. The number of nitrogens with one attached hydrogen (secondary N) is 1. The summed E-state index contributed by atoms with van der Waals surface area (Å²) in [5, 5.41) is 14.2. The number of non-ortho nitro benzene ring substituents is 1. The fourth-order valence-electron chi connectivity index (χ4n) is 2.13. The summed E-state index contributed by atoms with van der Waals surface area (Å²) < 4.78 is 5.13. The molecule has 0 heterocycles. The lowest BCUT2D eigenvalue weighted by Crippen LogP contribution is -2.33. The smallest absolute Gasteiger partial charge is 0.269 e. The Kier molecular flexibility index (Phi) is 7.11. The molecule has 0 aromatic heterocycles. The van der Waals surface area contributed by atoms with E-state index >= 15 is 0 Å². The molecule has 0 saturated heterocycles. The van der Waals surface area contributed by atoms with Gasteiger partial charge in [-0.2, -0.15) is 0 Å². The number of nitro groups is 1. The Balaban J connectivity index is 3.00. The van der Waals surface area contributed by atoms with E-state index in [9.17, 15) is 10.1 Å². The van der Waals surface area contributed by atoms with Crippen LogP contribution in [0.3, 0.4) is 0 Å². The van der Waals surface area contributed by atoms with E-state index in [0.717, 1.165) is 24.3 Å². The molecule has 0 aliphatic carbocycles. The van der Waals surface area contributed by atoms with Gasteiger partial charge in [0.15, 0.2) is 0 Å². The van der Waals surface area contributed by atoms with Gasteiger partial charge in [-0.05, 0) is 32.4 Å². The van der Waals surface area contributed by atoms with Crippen LogP contribution < -0.4 is 5.32 Å². The second-order valence-electron chi connectivity index (χ2n) is 5.19. The van der Waals surface area contributed by atoms with Gasteiger partial charge in [-0.1, -0.05) is 0 Å². The third-order valence-electron chi connectivity index (χ3n) is 3.35. The largest absolute Gasteiger partial charge is 0.385 e. The van der Waals surface area contributed by atoms with Gasteiger partial charge in [0.1, 0.15) is 0 Å². The monoisotopic (exact) mass is 295 g/mol. The highest BCUT2D eigenvalue weighted by Gasteiger charge is 2.15. The standard InChI is InChI=1S/C15H25N3O3/c1-5-16-15-7-6-14(18(19)20)10-13(15)11-17(12(2)3)8-9-21-4/h6-7,10,12,16H,5,8-9,11H2,1-4H3. The lowest BCUT2D eigenvalue weighted by atomic mass is 10.1. The molecule has 0 amide bonds. The maximum atomic E-state index is 11.0. The van der Waals surface area contributed by atoms with Gasteiger partial charge in [0.05, 0.1) is 11.5 Å². The maximum absolute atomic E-state index is 11.0. The molecule has 118 valence electrons. The van der Waals surface area contributed by atoms with E-state index in [-0.39, 0.29) is 10.6 Å². The Morgan fingerprint density at radius 3 is 2.67 bits per heavy atom. The first-order chi connectivity index (χ1) is 9.99. The quantitative estimate of drug-likeness (QED) is 0.560. The number of methoxy groups -OCH3 is 1. The minimum atomic E-state index is -0.353. The predicted molar refractivity (Wildman–Crippen MR) is 84.7 cm³/mol. The first kappa shape index (κ1) is 17.4. The molecule has 0 aliphatic rings. The molecule has 1 N–H and O–H groups in total. The van der Waals surface area contributed by atoms with Crippen LogP contribution in [-0.4, -0.2) is 42.7 Å². The molecule has 0 fully saturated rings. The summed E-state index contributed by atoms with van der Waals surface area (Å²) >= 11 is 0. The van der Waals surface area contributed by atoms with Gasteiger partial charge in [0.25, 0.3) is 5.69 Å². The zero-order valence-electron chi connectivity index (χ0n) is 13.3. The van der Waals surface area contributed by atoms with Crippen LogP contribution in [0, 0.1) is 10.1 Å². The molecule has 6 nitrogen and oxygen atoms in total. The van der Waals surface area contributed by atoms with Crippen LogP contribution in [0.4, 0.5) is 11.4 Å². The number of hydrogen-bond donors (Lipinski definition) is 1. The Labute approximate surface area is 126 Å². The maximum Gasteiger partial charge on any atom is 0.269 e. The number of anilines is 1. The van der Waals surface area contributed by atoms with Crippen molar-refractivity contribution in [1.82, 2.24) is 4.90 Å². The van der Waals surface area contributed by atoms with Crippen molar-refractivity contribution in [3.05, 3.63) is 33.9 Å². The van der Waals surface area contributed by atoms with E-state index in [4.69, 9.17) is 4.74 Å². The lowest BCUT2D eigenvalue weighted by Gasteiger charge is -2.27. The van der Waals surface area contributed by atoms with Crippen LogP contribution in [0.1, 0.15) is 26.3 Å². The van der Waals surface area contributed by atoms with E-state index in [2.05, 4.69) is 24.1 Å². The van der Waals surface area contributed by atoms with E-state index < -0.39 is 0 Å². The number of ether oxygens (including phenoxy) is 1. The van der Waals surface area contributed by atoms with Crippen LogP contribution in [0.25, 0.3) is 0 Å². The highest BCUT2D eigenvalue weighted by Crippen LogP contribution is 2.24. The third kappa shape index (κ3) is 5.32. The van der Waals surface area contributed by atoms with Crippen LogP contribution >= 0.6 is 0 Å². The molecule has 1 aromatic rings. The van der Waals surface area contributed by atoms with E-state index in [1.165, 1.54) is 6.07 Å². The van der Waals surface area contributed by atoms with Crippen molar-refractivity contribution < 1.29 is 9.66 Å². The molecule has 21 heavy (non-hydrogen) atoms. The molecule has 6 heteroatoms. The van der Waals surface area contributed by atoms with Crippen LogP contribution in [0.15, 0.2) is 18.2 Å². The van der Waals surface area contributed by atoms with Crippen LogP contribution in [-0.2, 0) is 11.3 Å². The van der Waals surface area contributed by atoms with Crippen molar-refractivity contribution in [3.8, 4) is 0 Å². The van der Waals surface area contributed by atoms with E-state index in [1.54, 1.807) is 19.2 Å². The van der Waals surface area contributed by atoms with Crippen LogP contribution in [0.2, 0.25) is 0 Å². The lowest BCUT2D eigenvalue weighted by molar-refractivity contribution is -0.384. The molecule has 0 aliphatic heterocycles. The molecule has 1 aromatic carbocycles. The molecule has 0 atom stereocenters. The van der Waals surface area contributed by atoms with Gasteiger partial charge in [0.2, 0.25) is 0 Å². The predicted octanol–water partition coefficient (Wildman–Crippen LogP) is 2.88. The van der Waals surface area contributed by atoms with Crippen molar-refractivity contribution in [2.45, 2.75) is 33.4 Å². The summed E-state index contributed by atoms with van der Waals surface area (Å²) in [7, 11) is 1.68. The van der Waals surface area contributed by atoms with Crippen molar-refractivity contribution >= 4 is 11.4 Å². The number of rotatable bonds is 9. The highest BCUT2D eigenvalue weighted by atomic mass is 16.6. The topological polar surface area (TPSA) is 67.6 Å². The summed E-state index contributed by atoms with van der Waals surface area (Å²) in [4.78, 5) is 12.9. The van der Waals surface area contributed by atoms with Crippen molar-refractivity contribution in [3.63, 3.8) is 0 Å². The Bertz CT molecular complexity index is 463. The zero-order chi connectivity index (χ0) is 15.8. The van der Waals surface area contributed by atoms with Gasteiger partial charge >= 0.3 is 0 Å². The summed E-state index contributed by atoms with van der Waals surface area (Å²) in [6.45, 7) is 9.11. The number of benzene rings is 1. The van der Waals surface area contributed by atoms with Crippen molar-refractivity contribution in [2.24, 2.45) is 0 Å². The minimum absolute atomic E-state index is 0.127. The molecular formula is C15H25N3O3. The molecule has 0 bridgehead atoms. The molecule has 0 radical (unpaired) electrons. The van der Waals surface area contributed by atoms with Crippen LogP contribution in [0.5, 0.6) is 0 Å². The molecule has 0 unspecified atom stereocenters. The highest BCUT2D eigenvalue weighted by molar-refractivity contribution is 5.56. The average molecular weight is 295 g/mol. The number of nitro benzene ring substituents is 1. The van der Waals surface area contributed by atoms with E-state index in [1.807, 2.05) is 6.92 Å². The normalized spacial score (nSPS) is 11.1. The van der Waals surface area contributed by atoms with Gasteiger partial charge in [-0.3, -0.25) is 15.0 Å². The van der Waals surface area contributed by atoms with Crippen molar-refractivity contribution in [1.29, 1.82) is 0 Å². The Hall–Kier alpha value is -1.66. The fourth-order valence-corrected chi connectivity index (χ4v) is 2.13. The van der Waals surface area contributed by atoms with Gasteiger partial charge in [-0.15, -0.1) is 0 Å². The van der Waals surface area contributed by atoms with Gasteiger partial charge < -0.3 is 10.1 Å². The zero-order valence-corrected chi connectivity index (χ0v) is 13.3. The molecule has 0 spiro atoms. The Morgan fingerprint density at radius 2 is 2.14 bits per heavy atom. The minimum Gasteiger partial charge on any atom is -0.385 e. The molecule has 1 rings (SSSR count). The summed E-state index contributed by atoms with van der Waals surface area (Å²) in [6.07, 6.45) is 0. The number of nitrogens with zero attached hydrogens (tertiary/aromatic N) is 2.